The van der Waals surface area contributed by atoms with Gasteiger partial charge in [0.15, 0.2) is 0 Å². The summed E-state index contributed by atoms with van der Waals surface area (Å²) in [6.45, 7) is 4.68. The number of hydrogen-bond acceptors (Lipinski definition) is 4. The van der Waals surface area contributed by atoms with E-state index in [1.165, 1.54) is 0 Å². The maximum absolute atomic E-state index is 11.2. The van der Waals surface area contributed by atoms with Crippen LogP contribution in [0.4, 0.5) is 5.82 Å². The van der Waals surface area contributed by atoms with Crippen LogP contribution in [0.15, 0.2) is 12.1 Å². The number of aryl methyl sites for hydroxylation is 1. The highest BCUT2D eigenvalue weighted by Crippen LogP contribution is 2.32. The Balaban J connectivity index is 2.23. The summed E-state index contributed by atoms with van der Waals surface area (Å²) in [5, 5.41) is 18.0. The molecule has 0 spiro atoms. The number of nitrogens with zero attached hydrogens (tertiary/aromatic N) is 3. The number of anilines is 1. The molecule has 0 bridgehead atoms. The highest BCUT2D eigenvalue weighted by molar-refractivity contribution is 5.76. The van der Waals surface area contributed by atoms with Gasteiger partial charge in [-0.1, -0.05) is 0 Å². The Morgan fingerprint density at radius 1 is 1.61 bits per heavy atom. The quantitative estimate of drug-likeness (QED) is 0.855. The van der Waals surface area contributed by atoms with Gasteiger partial charge in [-0.15, -0.1) is 0 Å². The number of hydrogen-bond donors (Lipinski definition) is 1. The van der Waals surface area contributed by atoms with E-state index >= 15 is 0 Å². The van der Waals surface area contributed by atoms with E-state index < -0.39 is 11.4 Å². The summed E-state index contributed by atoms with van der Waals surface area (Å²) in [7, 11) is 0. The molecule has 1 fully saturated rings. The first-order chi connectivity index (χ1) is 8.46. The molecule has 1 aromatic rings. The van der Waals surface area contributed by atoms with Crippen LogP contribution in [0.1, 0.15) is 24.6 Å². The van der Waals surface area contributed by atoms with Gasteiger partial charge in [0.2, 0.25) is 0 Å². The SMILES string of the molecule is Cc1nc(N2CCC(C)(C(=O)O)C2)ccc1C#N. The van der Waals surface area contributed by atoms with E-state index in [4.69, 9.17) is 5.26 Å². The number of pyridine rings is 1. The Kier molecular flexibility index (Phi) is 2.95. The van der Waals surface area contributed by atoms with E-state index in [1.807, 2.05) is 4.90 Å². The zero-order valence-corrected chi connectivity index (χ0v) is 10.5. The fraction of sp³-hybridized carbons (Fsp3) is 0.462. The van der Waals surface area contributed by atoms with Crippen LogP contribution in [0, 0.1) is 23.7 Å². The summed E-state index contributed by atoms with van der Waals surface area (Å²) < 4.78 is 0. The van der Waals surface area contributed by atoms with Crippen LogP contribution in [0.2, 0.25) is 0 Å². The summed E-state index contributed by atoms with van der Waals surface area (Å²) in [5.41, 5.74) is 0.529. The van der Waals surface area contributed by atoms with Crippen molar-refractivity contribution in [1.82, 2.24) is 4.98 Å². The van der Waals surface area contributed by atoms with Gasteiger partial charge in [-0.25, -0.2) is 4.98 Å². The first-order valence-corrected chi connectivity index (χ1v) is 5.82. The van der Waals surface area contributed by atoms with E-state index in [2.05, 4.69) is 11.1 Å². The molecule has 1 N–H and O–H groups in total. The Morgan fingerprint density at radius 2 is 2.33 bits per heavy atom. The summed E-state index contributed by atoms with van der Waals surface area (Å²) in [4.78, 5) is 17.5. The molecule has 1 atom stereocenters. The molecule has 0 radical (unpaired) electrons. The van der Waals surface area contributed by atoms with Gasteiger partial charge in [-0.05, 0) is 32.4 Å². The molecule has 0 aromatic carbocycles. The number of carbonyl (C=O) groups is 1. The molecule has 0 saturated carbocycles. The molecule has 0 aliphatic carbocycles. The van der Waals surface area contributed by atoms with Crippen LogP contribution >= 0.6 is 0 Å². The largest absolute Gasteiger partial charge is 0.481 e. The molecule has 94 valence electrons. The number of carboxylic acid groups (broad SMARTS) is 1. The van der Waals surface area contributed by atoms with Crippen LogP contribution in [-0.4, -0.2) is 29.1 Å². The highest BCUT2D eigenvalue weighted by atomic mass is 16.4. The zero-order chi connectivity index (χ0) is 13.3. The maximum Gasteiger partial charge on any atom is 0.311 e. The number of aromatic nitrogens is 1. The molecule has 5 nitrogen and oxygen atoms in total. The second kappa shape index (κ2) is 4.30. The second-order valence-electron chi connectivity index (χ2n) is 4.95. The average Bonchev–Trinajstić information content (AvgIpc) is 2.73. The van der Waals surface area contributed by atoms with Crippen molar-refractivity contribution in [2.75, 3.05) is 18.0 Å². The highest BCUT2D eigenvalue weighted by Gasteiger charge is 2.40. The van der Waals surface area contributed by atoms with Gasteiger partial charge in [0.25, 0.3) is 0 Å². The Bertz CT molecular complexity index is 536. The second-order valence-corrected chi connectivity index (χ2v) is 4.95. The van der Waals surface area contributed by atoms with E-state index in [1.54, 1.807) is 26.0 Å². The Labute approximate surface area is 106 Å². The van der Waals surface area contributed by atoms with Crippen molar-refractivity contribution >= 4 is 11.8 Å². The van der Waals surface area contributed by atoms with Gasteiger partial charge >= 0.3 is 5.97 Å². The monoisotopic (exact) mass is 245 g/mol. The first kappa shape index (κ1) is 12.4. The van der Waals surface area contributed by atoms with Crippen molar-refractivity contribution in [3.05, 3.63) is 23.4 Å². The third-order valence-electron chi connectivity index (χ3n) is 3.51. The molecule has 1 aliphatic rings. The van der Waals surface area contributed by atoms with Gasteiger partial charge < -0.3 is 10.0 Å². The lowest BCUT2D eigenvalue weighted by Crippen LogP contribution is -2.32. The van der Waals surface area contributed by atoms with E-state index in [0.29, 0.717) is 30.8 Å². The molecule has 0 amide bonds. The molecule has 18 heavy (non-hydrogen) atoms. The molecule has 2 rings (SSSR count). The van der Waals surface area contributed by atoms with Gasteiger partial charge in [0, 0.05) is 13.1 Å². The van der Waals surface area contributed by atoms with Crippen molar-refractivity contribution in [2.24, 2.45) is 5.41 Å². The number of carboxylic acids is 1. The molecular formula is C13H15N3O2. The van der Waals surface area contributed by atoms with Crippen LogP contribution in [-0.2, 0) is 4.79 Å². The lowest BCUT2D eigenvalue weighted by Gasteiger charge is -2.21. The summed E-state index contributed by atoms with van der Waals surface area (Å²) in [6, 6.07) is 5.58. The predicted molar refractivity (Wildman–Crippen MR) is 66.3 cm³/mol. The van der Waals surface area contributed by atoms with Crippen molar-refractivity contribution < 1.29 is 9.90 Å². The Hall–Kier alpha value is -2.09. The minimum absolute atomic E-state index is 0.459. The predicted octanol–water partition coefficient (Wildman–Crippen LogP) is 1.56. The van der Waals surface area contributed by atoms with Gasteiger partial charge in [0.05, 0.1) is 16.7 Å². The number of rotatable bonds is 2. The summed E-state index contributed by atoms with van der Waals surface area (Å²) in [5.74, 6) is -0.0214. The van der Waals surface area contributed by atoms with Crippen molar-refractivity contribution in [1.29, 1.82) is 5.26 Å². The maximum atomic E-state index is 11.2. The molecule has 1 aliphatic heterocycles. The standard InChI is InChI=1S/C13H15N3O2/c1-9-10(7-14)3-4-11(15-9)16-6-5-13(2,8-16)12(17)18/h3-4H,5-6,8H2,1-2H3,(H,17,18). The summed E-state index contributed by atoms with van der Waals surface area (Å²) >= 11 is 0. The van der Waals surface area contributed by atoms with Crippen molar-refractivity contribution in [3.8, 4) is 6.07 Å². The molecule has 2 heterocycles. The zero-order valence-electron chi connectivity index (χ0n) is 10.5. The lowest BCUT2D eigenvalue weighted by molar-refractivity contribution is -0.146. The molecule has 1 saturated heterocycles. The minimum Gasteiger partial charge on any atom is -0.481 e. The fourth-order valence-electron chi connectivity index (χ4n) is 2.17. The topological polar surface area (TPSA) is 77.2 Å². The normalized spacial score (nSPS) is 22.8. The van der Waals surface area contributed by atoms with Gasteiger partial charge in [-0.2, -0.15) is 5.26 Å². The fourth-order valence-corrected chi connectivity index (χ4v) is 2.17. The number of aliphatic carboxylic acids is 1. The average molecular weight is 245 g/mol. The minimum atomic E-state index is -0.768. The molecule has 1 aromatic heterocycles. The first-order valence-electron chi connectivity index (χ1n) is 5.82. The molecule has 1 unspecified atom stereocenters. The smallest absolute Gasteiger partial charge is 0.311 e. The van der Waals surface area contributed by atoms with Crippen LogP contribution in [0.25, 0.3) is 0 Å². The third kappa shape index (κ3) is 2.02. The van der Waals surface area contributed by atoms with E-state index in [-0.39, 0.29) is 0 Å². The molecular weight excluding hydrogens is 230 g/mol. The lowest BCUT2D eigenvalue weighted by atomic mass is 9.90. The van der Waals surface area contributed by atoms with Gasteiger partial charge in [-0.3, -0.25) is 4.79 Å². The van der Waals surface area contributed by atoms with Crippen LogP contribution < -0.4 is 4.90 Å². The molecule has 5 heteroatoms. The summed E-state index contributed by atoms with van der Waals surface area (Å²) in [6.07, 6.45) is 0.614. The van der Waals surface area contributed by atoms with Crippen molar-refractivity contribution in [2.45, 2.75) is 20.3 Å². The van der Waals surface area contributed by atoms with Crippen LogP contribution in [0.3, 0.4) is 0 Å². The Morgan fingerprint density at radius 3 is 2.83 bits per heavy atom. The van der Waals surface area contributed by atoms with E-state index in [0.717, 1.165) is 5.82 Å². The van der Waals surface area contributed by atoms with Gasteiger partial charge in [0.1, 0.15) is 11.9 Å². The number of nitriles is 1. The van der Waals surface area contributed by atoms with E-state index in [9.17, 15) is 9.90 Å². The van der Waals surface area contributed by atoms with Crippen molar-refractivity contribution in [3.63, 3.8) is 0 Å². The van der Waals surface area contributed by atoms with Crippen LogP contribution in [0.5, 0.6) is 0 Å². The third-order valence-corrected chi connectivity index (χ3v) is 3.51.